The minimum absolute atomic E-state index is 0.00705. The zero-order chi connectivity index (χ0) is 20.0. The molecule has 2 atom stereocenters. The molecule has 2 aliphatic rings. The van der Waals surface area contributed by atoms with E-state index in [-0.39, 0.29) is 16.8 Å². The maximum Gasteiger partial charge on any atom is 0.240 e. The summed E-state index contributed by atoms with van der Waals surface area (Å²) in [5.74, 6) is 0.600. The maximum atomic E-state index is 12.2. The highest BCUT2D eigenvalue weighted by Gasteiger charge is 2.27. The average molecular weight is 409 g/mol. The highest BCUT2D eigenvalue weighted by Crippen LogP contribution is 2.26. The second kappa shape index (κ2) is 9.85. The Kier molecular flexibility index (Phi) is 7.48. The predicted octanol–water partition coefficient (Wildman–Crippen LogP) is 2.77. The average Bonchev–Trinajstić information content (AvgIpc) is 3.48. The van der Waals surface area contributed by atoms with E-state index in [0.717, 1.165) is 24.8 Å². The largest absolute Gasteiger partial charge is 0.376 e. The van der Waals surface area contributed by atoms with Gasteiger partial charge in [0.2, 0.25) is 15.9 Å². The normalized spacial score (nSPS) is 22.8. The lowest BCUT2D eigenvalue weighted by molar-refractivity contribution is -0.121. The number of amides is 1. The molecule has 156 valence electrons. The van der Waals surface area contributed by atoms with Gasteiger partial charge in [-0.3, -0.25) is 4.79 Å². The minimum atomic E-state index is -3.42. The van der Waals surface area contributed by atoms with E-state index in [1.165, 1.54) is 19.3 Å². The van der Waals surface area contributed by atoms with Gasteiger partial charge in [-0.15, -0.1) is 0 Å². The van der Waals surface area contributed by atoms with E-state index in [4.69, 9.17) is 4.74 Å². The van der Waals surface area contributed by atoms with Crippen molar-refractivity contribution in [1.82, 2.24) is 10.0 Å². The molecule has 0 aliphatic heterocycles. The summed E-state index contributed by atoms with van der Waals surface area (Å²) in [5, 5.41) is 2.90. The third-order valence-electron chi connectivity index (χ3n) is 5.56. The van der Waals surface area contributed by atoms with Crippen LogP contribution in [0.2, 0.25) is 0 Å². The molecule has 2 N–H and O–H groups in total. The quantitative estimate of drug-likeness (QED) is 0.583. The van der Waals surface area contributed by atoms with Crippen molar-refractivity contribution in [2.75, 3.05) is 13.2 Å². The van der Waals surface area contributed by atoms with Gasteiger partial charge in [-0.05, 0) is 55.7 Å². The van der Waals surface area contributed by atoms with Crippen molar-refractivity contribution in [2.45, 2.75) is 75.3 Å². The third-order valence-corrected chi connectivity index (χ3v) is 7.10. The topological polar surface area (TPSA) is 84.5 Å². The number of sulfonamides is 1. The van der Waals surface area contributed by atoms with Crippen LogP contribution in [0.15, 0.2) is 29.2 Å². The first kappa shape index (κ1) is 21.3. The smallest absolute Gasteiger partial charge is 0.240 e. The highest BCUT2D eigenvalue weighted by atomic mass is 32.2. The molecule has 7 heteroatoms. The molecule has 6 nitrogen and oxygen atoms in total. The van der Waals surface area contributed by atoms with Gasteiger partial charge in [0.15, 0.2) is 0 Å². The Hall–Kier alpha value is -1.44. The van der Waals surface area contributed by atoms with E-state index in [1.807, 2.05) is 0 Å². The molecule has 28 heavy (non-hydrogen) atoms. The minimum Gasteiger partial charge on any atom is -0.376 e. The Morgan fingerprint density at radius 1 is 1.11 bits per heavy atom. The van der Waals surface area contributed by atoms with Crippen LogP contribution in [0.5, 0.6) is 0 Å². The van der Waals surface area contributed by atoms with Gasteiger partial charge in [-0.1, -0.05) is 31.9 Å². The second-order valence-corrected chi connectivity index (χ2v) is 9.77. The van der Waals surface area contributed by atoms with Crippen molar-refractivity contribution in [1.29, 1.82) is 0 Å². The number of rotatable bonds is 10. The molecule has 1 aromatic carbocycles. The summed E-state index contributed by atoms with van der Waals surface area (Å²) in [7, 11) is -3.42. The zero-order valence-electron chi connectivity index (χ0n) is 16.7. The predicted molar refractivity (Wildman–Crippen MR) is 108 cm³/mol. The van der Waals surface area contributed by atoms with Crippen LogP contribution >= 0.6 is 0 Å². The molecule has 0 aromatic heterocycles. The molecular formula is C21H32N2O4S. The molecule has 2 fully saturated rings. The van der Waals surface area contributed by atoms with Crippen LogP contribution in [-0.4, -0.2) is 39.6 Å². The van der Waals surface area contributed by atoms with Gasteiger partial charge >= 0.3 is 0 Å². The van der Waals surface area contributed by atoms with Crippen molar-refractivity contribution in [3.8, 4) is 0 Å². The van der Waals surface area contributed by atoms with Crippen molar-refractivity contribution >= 4 is 15.9 Å². The molecule has 0 spiro atoms. The molecular weight excluding hydrogens is 376 g/mol. The van der Waals surface area contributed by atoms with Crippen LogP contribution in [0.25, 0.3) is 0 Å². The number of hydrogen-bond acceptors (Lipinski definition) is 4. The van der Waals surface area contributed by atoms with Gasteiger partial charge in [-0.2, -0.15) is 0 Å². The molecule has 3 rings (SSSR count). The molecule has 0 heterocycles. The first-order valence-electron chi connectivity index (χ1n) is 10.4. The Bertz CT molecular complexity index is 744. The van der Waals surface area contributed by atoms with Crippen molar-refractivity contribution in [3.05, 3.63) is 29.8 Å². The fraction of sp³-hybridized carbons (Fsp3) is 0.667. The zero-order valence-corrected chi connectivity index (χ0v) is 17.5. The van der Waals surface area contributed by atoms with Crippen LogP contribution in [0.4, 0.5) is 0 Å². The number of ether oxygens (including phenoxy) is 1. The second-order valence-electron chi connectivity index (χ2n) is 8.06. The molecule has 2 unspecified atom stereocenters. The van der Waals surface area contributed by atoms with E-state index < -0.39 is 10.0 Å². The summed E-state index contributed by atoms with van der Waals surface area (Å²) in [6, 6.07) is 6.87. The highest BCUT2D eigenvalue weighted by molar-refractivity contribution is 7.89. The lowest BCUT2D eigenvalue weighted by Gasteiger charge is -2.28. The van der Waals surface area contributed by atoms with Gasteiger partial charge in [0.1, 0.15) is 0 Å². The van der Waals surface area contributed by atoms with Crippen molar-refractivity contribution in [3.63, 3.8) is 0 Å². The number of benzene rings is 1. The number of carbonyl (C=O) groups is 1. The maximum absolute atomic E-state index is 12.2. The Morgan fingerprint density at radius 2 is 1.82 bits per heavy atom. The standard InChI is InChI=1S/C21H32N2O4S/c1-16-4-2-3-5-20(16)27-15-14-22-21(24)13-8-17-6-11-19(12-7-17)28(25,26)23-18-9-10-18/h6-7,11-12,16,18,20,23H,2-5,8-10,13-15H2,1H3,(H,22,24). The van der Waals surface area contributed by atoms with Crippen LogP contribution in [0.3, 0.4) is 0 Å². The summed E-state index contributed by atoms with van der Waals surface area (Å²) in [6.45, 7) is 3.33. The van der Waals surface area contributed by atoms with Crippen molar-refractivity contribution in [2.24, 2.45) is 5.92 Å². The SMILES string of the molecule is CC1CCCCC1OCCNC(=O)CCc1ccc(S(=O)(=O)NC2CC2)cc1. The Labute approximate surface area is 168 Å². The number of carbonyl (C=O) groups excluding carboxylic acids is 1. The first-order valence-corrected chi connectivity index (χ1v) is 11.9. The van der Waals surface area contributed by atoms with E-state index in [0.29, 0.717) is 38.0 Å². The van der Waals surface area contributed by atoms with Gasteiger partial charge in [0.25, 0.3) is 0 Å². The van der Waals surface area contributed by atoms with Gasteiger partial charge < -0.3 is 10.1 Å². The summed E-state index contributed by atoms with van der Waals surface area (Å²) in [6.07, 6.45) is 8.00. The van der Waals surface area contributed by atoms with Crippen LogP contribution in [0.1, 0.15) is 57.4 Å². The van der Waals surface area contributed by atoms with Gasteiger partial charge in [-0.25, -0.2) is 13.1 Å². The molecule has 0 saturated heterocycles. The summed E-state index contributed by atoms with van der Waals surface area (Å²) in [4.78, 5) is 12.3. The number of aryl methyl sites for hydroxylation is 1. The third kappa shape index (κ3) is 6.57. The monoisotopic (exact) mass is 408 g/mol. The Balaban J connectivity index is 1.34. The number of hydrogen-bond donors (Lipinski definition) is 2. The van der Waals surface area contributed by atoms with Crippen LogP contribution < -0.4 is 10.0 Å². The fourth-order valence-electron chi connectivity index (χ4n) is 3.60. The van der Waals surface area contributed by atoms with Gasteiger partial charge in [0.05, 0.1) is 17.6 Å². The Morgan fingerprint density at radius 3 is 2.50 bits per heavy atom. The summed E-state index contributed by atoms with van der Waals surface area (Å²) < 4.78 is 32.9. The van der Waals surface area contributed by atoms with Crippen LogP contribution in [-0.2, 0) is 26.0 Å². The van der Waals surface area contributed by atoms with E-state index in [1.54, 1.807) is 24.3 Å². The van der Waals surface area contributed by atoms with Crippen molar-refractivity contribution < 1.29 is 17.9 Å². The first-order chi connectivity index (χ1) is 13.4. The molecule has 0 bridgehead atoms. The lowest BCUT2D eigenvalue weighted by Crippen LogP contribution is -2.31. The molecule has 1 aromatic rings. The van der Waals surface area contributed by atoms with E-state index in [9.17, 15) is 13.2 Å². The molecule has 2 saturated carbocycles. The summed E-state index contributed by atoms with van der Waals surface area (Å²) in [5.41, 5.74) is 0.952. The molecule has 1 amide bonds. The fourth-order valence-corrected chi connectivity index (χ4v) is 4.91. The van der Waals surface area contributed by atoms with Gasteiger partial charge in [0, 0.05) is 19.0 Å². The number of nitrogens with one attached hydrogen (secondary N) is 2. The van der Waals surface area contributed by atoms with E-state index in [2.05, 4.69) is 17.0 Å². The van der Waals surface area contributed by atoms with E-state index >= 15 is 0 Å². The summed E-state index contributed by atoms with van der Waals surface area (Å²) >= 11 is 0. The van der Waals surface area contributed by atoms with Crippen LogP contribution in [0, 0.1) is 5.92 Å². The molecule has 2 aliphatic carbocycles. The lowest BCUT2D eigenvalue weighted by atomic mass is 9.88. The molecule has 0 radical (unpaired) electrons.